The van der Waals surface area contributed by atoms with Gasteiger partial charge >= 0.3 is 0 Å². The van der Waals surface area contributed by atoms with Crippen LogP contribution in [0.15, 0.2) is 45.5 Å². The fraction of sp³-hybridized carbons (Fsp3) is 0.0833. The van der Waals surface area contributed by atoms with Crippen LogP contribution >= 0.6 is 27.5 Å². The van der Waals surface area contributed by atoms with Crippen LogP contribution in [-0.4, -0.2) is 5.78 Å². The molecule has 1 aromatic carbocycles. The van der Waals surface area contributed by atoms with Crippen LogP contribution < -0.4 is 0 Å². The molecule has 2 rings (SSSR count). The van der Waals surface area contributed by atoms with Gasteiger partial charge in [0, 0.05) is 11.4 Å². The number of rotatable bonds is 3. The minimum atomic E-state index is -0.0844. The number of hydrogen-bond acceptors (Lipinski definition) is 2. The Kier molecular flexibility index (Phi) is 3.46. The van der Waals surface area contributed by atoms with E-state index in [0.717, 1.165) is 5.56 Å². The molecule has 2 nitrogen and oxygen atoms in total. The van der Waals surface area contributed by atoms with Gasteiger partial charge in [0.1, 0.15) is 0 Å². The zero-order valence-corrected chi connectivity index (χ0v) is 10.6. The smallest absolute Gasteiger partial charge is 0.202 e. The SMILES string of the molecule is O=C(Cc1ccccc1Cl)c1ccc(Br)o1. The van der Waals surface area contributed by atoms with Gasteiger partial charge in [-0.05, 0) is 39.7 Å². The molecular weight excluding hydrogens is 291 g/mol. The fourth-order valence-corrected chi connectivity index (χ4v) is 1.88. The van der Waals surface area contributed by atoms with Crippen molar-refractivity contribution in [3.05, 3.63) is 57.4 Å². The number of furan rings is 1. The minimum absolute atomic E-state index is 0.0844. The van der Waals surface area contributed by atoms with Crippen molar-refractivity contribution in [2.45, 2.75) is 6.42 Å². The summed E-state index contributed by atoms with van der Waals surface area (Å²) in [6.07, 6.45) is 0.250. The lowest BCUT2D eigenvalue weighted by Crippen LogP contribution is -2.02. The first-order chi connectivity index (χ1) is 7.66. The van der Waals surface area contributed by atoms with Crippen molar-refractivity contribution < 1.29 is 9.21 Å². The number of carbonyl (C=O) groups is 1. The van der Waals surface area contributed by atoms with Crippen LogP contribution in [0.1, 0.15) is 16.1 Å². The van der Waals surface area contributed by atoms with Crippen molar-refractivity contribution in [2.75, 3.05) is 0 Å². The van der Waals surface area contributed by atoms with Gasteiger partial charge in [-0.1, -0.05) is 29.8 Å². The monoisotopic (exact) mass is 298 g/mol. The largest absolute Gasteiger partial charge is 0.446 e. The summed E-state index contributed by atoms with van der Waals surface area (Å²) in [7, 11) is 0. The third-order valence-corrected chi connectivity index (χ3v) is 2.95. The number of hydrogen-bond donors (Lipinski definition) is 0. The Balaban J connectivity index is 2.17. The van der Waals surface area contributed by atoms with Crippen LogP contribution in [-0.2, 0) is 6.42 Å². The summed E-state index contributed by atoms with van der Waals surface area (Å²) < 4.78 is 5.73. The molecule has 2 aromatic rings. The van der Waals surface area contributed by atoms with Gasteiger partial charge in [0.15, 0.2) is 10.4 Å². The quantitative estimate of drug-likeness (QED) is 0.798. The molecule has 0 fully saturated rings. The molecular formula is C12H8BrClO2. The van der Waals surface area contributed by atoms with Crippen LogP contribution in [0, 0.1) is 0 Å². The molecule has 0 atom stereocenters. The Morgan fingerprint density at radius 2 is 2.00 bits per heavy atom. The first-order valence-electron chi connectivity index (χ1n) is 4.69. The van der Waals surface area contributed by atoms with Crippen LogP contribution in [0.4, 0.5) is 0 Å². The lowest BCUT2D eigenvalue weighted by atomic mass is 10.1. The molecule has 0 aliphatic rings. The molecule has 16 heavy (non-hydrogen) atoms. The van der Waals surface area contributed by atoms with Gasteiger partial charge in [-0.3, -0.25) is 4.79 Å². The van der Waals surface area contributed by atoms with E-state index < -0.39 is 0 Å². The van der Waals surface area contributed by atoms with Gasteiger partial charge in [0.25, 0.3) is 0 Å². The fourth-order valence-electron chi connectivity index (χ4n) is 1.37. The number of Topliss-reactive ketones (excluding diaryl/α,β-unsaturated/α-hetero) is 1. The predicted octanol–water partition coefficient (Wildman–Crippen LogP) is 4.12. The van der Waals surface area contributed by atoms with Crippen molar-refractivity contribution in [1.82, 2.24) is 0 Å². The second-order valence-corrected chi connectivity index (χ2v) is 4.48. The van der Waals surface area contributed by atoms with Gasteiger partial charge in [0.05, 0.1) is 0 Å². The van der Waals surface area contributed by atoms with E-state index in [1.54, 1.807) is 18.2 Å². The molecule has 0 unspecified atom stereocenters. The summed E-state index contributed by atoms with van der Waals surface area (Å²) in [5.41, 5.74) is 0.807. The Hall–Kier alpha value is -1.06. The molecule has 0 amide bonds. The van der Waals surface area contributed by atoms with Gasteiger partial charge < -0.3 is 4.42 Å². The molecule has 1 heterocycles. The highest BCUT2D eigenvalue weighted by Gasteiger charge is 2.12. The van der Waals surface area contributed by atoms with E-state index in [0.29, 0.717) is 15.5 Å². The topological polar surface area (TPSA) is 30.2 Å². The Labute approximate surface area is 106 Å². The summed E-state index contributed by atoms with van der Waals surface area (Å²) in [5, 5.41) is 0.599. The van der Waals surface area contributed by atoms with Crippen molar-refractivity contribution in [3.8, 4) is 0 Å². The molecule has 0 saturated heterocycles. The van der Waals surface area contributed by atoms with Crippen molar-refractivity contribution in [2.24, 2.45) is 0 Å². The van der Waals surface area contributed by atoms with Gasteiger partial charge in [-0.15, -0.1) is 0 Å². The Morgan fingerprint density at radius 1 is 1.25 bits per heavy atom. The highest BCUT2D eigenvalue weighted by molar-refractivity contribution is 9.10. The summed E-state index contributed by atoms with van der Waals surface area (Å²) >= 11 is 9.12. The summed E-state index contributed by atoms with van der Waals surface area (Å²) in [4.78, 5) is 11.8. The molecule has 0 bridgehead atoms. The second-order valence-electron chi connectivity index (χ2n) is 3.30. The maximum absolute atomic E-state index is 11.8. The molecule has 1 aromatic heterocycles. The van der Waals surface area contributed by atoms with Gasteiger partial charge in [-0.25, -0.2) is 0 Å². The number of ketones is 1. The third kappa shape index (κ3) is 2.54. The van der Waals surface area contributed by atoms with E-state index in [1.165, 1.54) is 0 Å². The normalized spacial score (nSPS) is 10.4. The van der Waals surface area contributed by atoms with Gasteiger partial charge in [-0.2, -0.15) is 0 Å². The minimum Gasteiger partial charge on any atom is -0.446 e. The van der Waals surface area contributed by atoms with Crippen LogP contribution in [0.25, 0.3) is 0 Å². The van der Waals surface area contributed by atoms with E-state index in [1.807, 2.05) is 18.2 Å². The number of carbonyl (C=O) groups excluding carboxylic acids is 1. The Morgan fingerprint density at radius 3 is 2.62 bits per heavy atom. The van der Waals surface area contributed by atoms with E-state index in [-0.39, 0.29) is 12.2 Å². The number of halogens is 2. The van der Waals surface area contributed by atoms with Crippen molar-refractivity contribution in [1.29, 1.82) is 0 Å². The molecule has 0 spiro atoms. The zero-order valence-electron chi connectivity index (χ0n) is 8.24. The first-order valence-corrected chi connectivity index (χ1v) is 5.86. The molecule has 0 aliphatic carbocycles. The molecule has 82 valence electrons. The lowest BCUT2D eigenvalue weighted by molar-refractivity contribution is 0.0965. The number of benzene rings is 1. The summed E-state index contributed by atoms with van der Waals surface area (Å²) in [6.45, 7) is 0. The maximum atomic E-state index is 11.8. The van der Waals surface area contributed by atoms with Gasteiger partial charge in [0.2, 0.25) is 5.78 Å². The zero-order chi connectivity index (χ0) is 11.5. The van der Waals surface area contributed by atoms with Crippen LogP contribution in [0.5, 0.6) is 0 Å². The highest BCUT2D eigenvalue weighted by atomic mass is 79.9. The van der Waals surface area contributed by atoms with Crippen molar-refractivity contribution in [3.63, 3.8) is 0 Å². The third-order valence-electron chi connectivity index (χ3n) is 2.16. The molecule has 0 radical (unpaired) electrons. The molecule has 4 heteroatoms. The molecule has 0 aliphatic heterocycles. The molecule has 0 N–H and O–H groups in total. The second kappa shape index (κ2) is 4.85. The van der Waals surface area contributed by atoms with Crippen LogP contribution in [0.3, 0.4) is 0 Å². The predicted molar refractivity (Wildman–Crippen MR) is 65.9 cm³/mol. The average molecular weight is 300 g/mol. The Bertz CT molecular complexity index is 519. The highest BCUT2D eigenvalue weighted by Crippen LogP contribution is 2.19. The van der Waals surface area contributed by atoms with Crippen LogP contribution in [0.2, 0.25) is 5.02 Å². The molecule has 0 saturated carbocycles. The van der Waals surface area contributed by atoms with E-state index in [4.69, 9.17) is 16.0 Å². The standard InChI is InChI=1S/C12H8BrClO2/c13-12-6-5-11(16-12)10(15)7-8-3-1-2-4-9(8)14/h1-6H,7H2. The lowest BCUT2D eigenvalue weighted by Gasteiger charge is -2.01. The van der Waals surface area contributed by atoms with Crippen molar-refractivity contribution >= 4 is 33.3 Å². The summed E-state index contributed by atoms with van der Waals surface area (Å²) in [5.74, 6) is 0.255. The summed E-state index contributed by atoms with van der Waals surface area (Å²) in [6, 6.07) is 10.6. The maximum Gasteiger partial charge on any atom is 0.202 e. The van der Waals surface area contributed by atoms with E-state index >= 15 is 0 Å². The van der Waals surface area contributed by atoms with E-state index in [9.17, 15) is 4.79 Å². The first kappa shape index (κ1) is 11.4. The average Bonchev–Trinajstić information content (AvgIpc) is 2.68. The van der Waals surface area contributed by atoms with E-state index in [2.05, 4.69) is 15.9 Å².